The van der Waals surface area contributed by atoms with Crippen molar-refractivity contribution in [2.24, 2.45) is 5.10 Å². The number of rotatable bonds is 5. The van der Waals surface area contributed by atoms with Gasteiger partial charge in [0, 0.05) is 19.8 Å². The van der Waals surface area contributed by atoms with Gasteiger partial charge in [0.2, 0.25) is 0 Å². The summed E-state index contributed by atoms with van der Waals surface area (Å²) in [5.41, 5.74) is 1.20. The molecule has 29 heavy (non-hydrogen) atoms. The van der Waals surface area contributed by atoms with Crippen molar-refractivity contribution in [1.29, 1.82) is 0 Å². The van der Waals surface area contributed by atoms with Crippen LogP contribution in [0, 0.1) is 0 Å². The Morgan fingerprint density at radius 2 is 1.66 bits per heavy atom. The van der Waals surface area contributed by atoms with E-state index in [0.29, 0.717) is 5.56 Å². The van der Waals surface area contributed by atoms with E-state index in [4.69, 9.17) is 4.55 Å². The van der Waals surface area contributed by atoms with Crippen LogP contribution in [-0.2, 0) is 19.7 Å². The summed E-state index contributed by atoms with van der Waals surface area (Å²) in [7, 11) is -0.624. The third-order valence-corrected chi connectivity index (χ3v) is 5.05. The normalized spacial score (nSPS) is 15.6. The van der Waals surface area contributed by atoms with Crippen molar-refractivity contribution < 1.29 is 27.7 Å². The first-order valence-corrected chi connectivity index (χ1v) is 9.75. The quantitative estimate of drug-likeness (QED) is 0.564. The van der Waals surface area contributed by atoms with Gasteiger partial charge in [0.1, 0.15) is 0 Å². The van der Waals surface area contributed by atoms with E-state index in [2.05, 4.69) is 5.10 Å². The van der Waals surface area contributed by atoms with Gasteiger partial charge in [0.15, 0.2) is 5.71 Å². The molecule has 0 atom stereocenters. The second-order valence-corrected chi connectivity index (χ2v) is 7.81. The van der Waals surface area contributed by atoms with Crippen LogP contribution in [0.15, 0.2) is 64.1 Å². The van der Waals surface area contributed by atoms with Crippen LogP contribution in [0.1, 0.15) is 5.56 Å². The number of hydrogen-bond donors (Lipinski definition) is 2. The summed E-state index contributed by atoms with van der Waals surface area (Å²) < 4.78 is 31.3. The first-order valence-electron chi connectivity index (χ1n) is 8.31. The molecule has 10 heteroatoms. The van der Waals surface area contributed by atoms with Crippen LogP contribution in [-0.4, -0.2) is 49.8 Å². The van der Waals surface area contributed by atoms with Gasteiger partial charge in [-0.25, -0.2) is 4.79 Å². The lowest BCUT2D eigenvalue weighted by Gasteiger charge is -2.12. The molecule has 1 aliphatic rings. The number of aliphatic carboxylic acids is 1. The van der Waals surface area contributed by atoms with Crippen molar-refractivity contribution in [3.05, 3.63) is 59.7 Å². The molecule has 0 saturated carbocycles. The van der Waals surface area contributed by atoms with Gasteiger partial charge in [-0.3, -0.25) is 9.35 Å². The Bertz CT molecular complexity index is 1130. The lowest BCUT2D eigenvalue weighted by atomic mass is 10.1. The third kappa shape index (κ3) is 4.18. The number of anilines is 2. The van der Waals surface area contributed by atoms with E-state index in [1.165, 1.54) is 18.2 Å². The summed E-state index contributed by atoms with van der Waals surface area (Å²) in [6.07, 6.45) is 1.43. The van der Waals surface area contributed by atoms with Crippen molar-refractivity contribution in [3.63, 3.8) is 0 Å². The largest absolute Gasteiger partial charge is 0.476 e. The Balaban J connectivity index is 1.97. The molecule has 1 heterocycles. The Hall–Kier alpha value is -3.50. The van der Waals surface area contributed by atoms with Crippen LogP contribution in [0.3, 0.4) is 0 Å². The molecule has 0 unspecified atom stereocenters. The van der Waals surface area contributed by atoms with E-state index >= 15 is 0 Å². The predicted molar refractivity (Wildman–Crippen MR) is 108 cm³/mol. The number of benzene rings is 2. The van der Waals surface area contributed by atoms with Gasteiger partial charge in [-0.15, -0.1) is 0 Å². The summed E-state index contributed by atoms with van der Waals surface area (Å²) in [4.78, 5) is 25.9. The maximum atomic E-state index is 12.8. The molecule has 2 aromatic rings. The fourth-order valence-corrected chi connectivity index (χ4v) is 3.15. The van der Waals surface area contributed by atoms with Crippen LogP contribution in [0.25, 0.3) is 6.08 Å². The van der Waals surface area contributed by atoms with Crippen molar-refractivity contribution in [2.45, 2.75) is 4.90 Å². The van der Waals surface area contributed by atoms with Gasteiger partial charge in [0.25, 0.3) is 16.0 Å². The van der Waals surface area contributed by atoms with Crippen molar-refractivity contribution in [2.75, 3.05) is 24.0 Å². The molecule has 0 spiro atoms. The predicted octanol–water partition coefficient (Wildman–Crippen LogP) is 1.87. The number of amides is 1. The zero-order valence-corrected chi connectivity index (χ0v) is 16.3. The molecular weight excluding hydrogens is 398 g/mol. The molecule has 9 nitrogen and oxygen atoms in total. The standard InChI is InChI=1S/C19H17N3O6S/c1-21(2)13-5-3-12(4-6-13)11-16-17(19(24)25)20-22(18(16)23)14-7-9-15(10-8-14)29(26,27)28/h3-11H,1-2H3,(H,24,25)(H,26,27,28)/b16-11-. The molecule has 150 valence electrons. The van der Waals surface area contributed by atoms with E-state index in [0.717, 1.165) is 22.8 Å². The molecule has 2 aromatic carbocycles. The average Bonchev–Trinajstić information content (AvgIpc) is 2.98. The number of hydrogen-bond acceptors (Lipinski definition) is 6. The molecular formula is C19H17N3O6S. The Morgan fingerprint density at radius 1 is 1.07 bits per heavy atom. The summed E-state index contributed by atoms with van der Waals surface area (Å²) >= 11 is 0. The lowest BCUT2D eigenvalue weighted by Crippen LogP contribution is -2.22. The van der Waals surface area contributed by atoms with Gasteiger partial charge in [-0.1, -0.05) is 12.1 Å². The molecule has 0 fully saturated rings. The summed E-state index contributed by atoms with van der Waals surface area (Å²) in [5, 5.41) is 14.2. The summed E-state index contributed by atoms with van der Waals surface area (Å²) in [5.74, 6) is -2.04. The van der Waals surface area contributed by atoms with Crippen LogP contribution in [0.5, 0.6) is 0 Å². The van der Waals surface area contributed by atoms with E-state index < -0.39 is 27.7 Å². The highest BCUT2D eigenvalue weighted by molar-refractivity contribution is 7.85. The Labute approximate surface area is 166 Å². The van der Waals surface area contributed by atoms with E-state index in [1.54, 1.807) is 12.1 Å². The average molecular weight is 415 g/mol. The van der Waals surface area contributed by atoms with Crippen LogP contribution < -0.4 is 9.91 Å². The Morgan fingerprint density at radius 3 is 2.14 bits per heavy atom. The minimum atomic E-state index is -4.39. The fraction of sp³-hybridized carbons (Fsp3) is 0.105. The summed E-state index contributed by atoms with van der Waals surface area (Å²) in [6.45, 7) is 0. The number of carbonyl (C=O) groups excluding carboxylic acids is 1. The van der Waals surface area contributed by atoms with E-state index in [1.807, 2.05) is 31.1 Å². The number of carbonyl (C=O) groups is 2. The minimum Gasteiger partial charge on any atom is -0.476 e. The van der Waals surface area contributed by atoms with Gasteiger partial charge < -0.3 is 10.0 Å². The van der Waals surface area contributed by atoms with Crippen molar-refractivity contribution in [1.82, 2.24) is 0 Å². The van der Waals surface area contributed by atoms with Crippen molar-refractivity contribution in [3.8, 4) is 0 Å². The second-order valence-electron chi connectivity index (χ2n) is 6.38. The van der Waals surface area contributed by atoms with Gasteiger partial charge in [-0.05, 0) is 48.0 Å². The molecule has 0 radical (unpaired) electrons. The molecule has 2 N–H and O–H groups in total. The van der Waals surface area contributed by atoms with E-state index in [9.17, 15) is 23.1 Å². The third-order valence-electron chi connectivity index (χ3n) is 4.18. The fourth-order valence-electron chi connectivity index (χ4n) is 2.67. The molecule has 0 saturated heterocycles. The van der Waals surface area contributed by atoms with Crippen LogP contribution in [0.2, 0.25) is 0 Å². The van der Waals surface area contributed by atoms with Gasteiger partial charge in [-0.2, -0.15) is 18.5 Å². The minimum absolute atomic E-state index is 0.103. The van der Waals surface area contributed by atoms with Crippen LogP contribution >= 0.6 is 0 Å². The lowest BCUT2D eigenvalue weighted by molar-refractivity contribution is -0.129. The monoisotopic (exact) mass is 415 g/mol. The van der Waals surface area contributed by atoms with Crippen LogP contribution in [0.4, 0.5) is 11.4 Å². The zero-order valence-electron chi connectivity index (χ0n) is 15.5. The number of carboxylic acids is 1. The smallest absolute Gasteiger partial charge is 0.357 e. The van der Waals surface area contributed by atoms with Gasteiger partial charge in [0.05, 0.1) is 16.2 Å². The number of nitrogens with zero attached hydrogens (tertiary/aromatic N) is 3. The number of carboxylic acid groups (broad SMARTS) is 1. The van der Waals surface area contributed by atoms with Gasteiger partial charge >= 0.3 is 5.97 Å². The molecule has 1 aliphatic heterocycles. The second kappa shape index (κ2) is 7.49. The van der Waals surface area contributed by atoms with E-state index in [-0.39, 0.29) is 16.2 Å². The first-order chi connectivity index (χ1) is 13.6. The highest BCUT2D eigenvalue weighted by Crippen LogP contribution is 2.26. The van der Waals surface area contributed by atoms with Crippen molar-refractivity contribution >= 4 is 45.2 Å². The highest BCUT2D eigenvalue weighted by Gasteiger charge is 2.35. The Kier molecular flexibility index (Phi) is 5.23. The maximum absolute atomic E-state index is 12.8. The zero-order chi connectivity index (χ0) is 21.3. The molecule has 3 rings (SSSR count). The molecule has 0 bridgehead atoms. The highest BCUT2D eigenvalue weighted by atomic mass is 32.2. The first kappa shape index (κ1) is 20.2. The molecule has 0 aliphatic carbocycles. The molecule has 1 amide bonds. The SMILES string of the molecule is CN(C)c1ccc(/C=C2\C(=O)N(c3ccc(S(=O)(=O)O)cc3)N=C2C(=O)O)cc1. The number of hydrazone groups is 1. The topological polar surface area (TPSA) is 128 Å². The summed E-state index contributed by atoms with van der Waals surface area (Å²) in [6, 6.07) is 11.8. The molecule has 0 aromatic heterocycles. The maximum Gasteiger partial charge on any atom is 0.357 e.